The van der Waals surface area contributed by atoms with E-state index in [1.165, 1.54) is 19.1 Å². The Kier molecular flexibility index (Phi) is 5.37. The molecule has 0 atom stereocenters. The molecule has 0 saturated carbocycles. The van der Waals surface area contributed by atoms with E-state index in [1.807, 2.05) is 5.16 Å². The number of thiocarbonyl (C=S) groups is 1. The number of aliphatic imine (C=N–C) groups is 1. The fraction of sp³-hybridized carbons (Fsp3) is 0.200. The second-order valence-corrected chi connectivity index (χ2v) is 2.75. The van der Waals surface area contributed by atoms with Crippen LogP contribution in [0.5, 0.6) is 0 Å². The fourth-order valence-electron chi connectivity index (χ4n) is 0.781. The molecule has 0 aliphatic rings. The average molecular weight is 244 g/mol. The SMILES string of the molecule is C=C(C#N)/C(=C\C(=C/C)N=C=S)C(F)(F)F. The van der Waals surface area contributed by atoms with E-state index in [4.69, 9.17) is 5.26 Å². The molecule has 16 heavy (non-hydrogen) atoms. The highest BCUT2D eigenvalue weighted by atomic mass is 32.1. The minimum Gasteiger partial charge on any atom is -0.195 e. The van der Waals surface area contributed by atoms with Crippen LogP contribution in [0.25, 0.3) is 0 Å². The fourth-order valence-corrected chi connectivity index (χ4v) is 0.886. The summed E-state index contributed by atoms with van der Waals surface area (Å²) in [6, 6.07) is 1.35. The summed E-state index contributed by atoms with van der Waals surface area (Å²) in [5.41, 5.74) is -1.85. The molecule has 6 heteroatoms. The number of rotatable bonds is 3. The van der Waals surface area contributed by atoms with Crippen molar-refractivity contribution >= 4 is 17.4 Å². The first-order chi connectivity index (χ1) is 7.36. The molecule has 0 aliphatic carbocycles. The Morgan fingerprint density at radius 2 is 2.06 bits per heavy atom. The zero-order chi connectivity index (χ0) is 12.8. The Bertz CT molecular complexity index is 432. The van der Waals surface area contributed by atoms with Gasteiger partial charge in [0.25, 0.3) is 0 Å². The van der Waals surface area contributed by atoms with Gasteiger partial charge in [-0.3, -0.25) is 0 Å². The maximum Gasteiger partial charge on any atom is 0.417 e. The maximum atomic E-state index is 12.5. The minimum atomic E-state index is -4.65. The van der Waals surface area contributed by atoms with Crippen molar-refractivity contribution < 1.29 is 13.2 Å². The molecule has 0 amide bonds. The van der Waals surface area contributed by atoms with E-state index in [2.05, 4.69) is 23.8 Å². The highest BCUT2D eigenvalue weighted by Gasteiger charge is 2.35. The summed E-state index contributed by atoms with van der Waals surface area (Å²) in [4.78, 5) is 3.41. The van der Waals surface area contributed by atoms with Crippen LogP contribution in [0.2, 0.25) is 0 Å². The van der Waals surface area contributed by atoms with Crippen LogP contribution in [0.4, 0.5) is 13.2 Å². The molecular formula is C10H7F3N2S. The van der Waals surface area contributed by atoms with Gasteiger partial charge in [0.15, 0.2) is 0 Å². The third kappa shape index (κ3) is 4.22. The van der Waals surface area contributed by atoms with Crippen LogP contribution in [-0.4, -0.2) is 11.3 Å². The van der Waals surface area contributed by atoms with Crippen molar-refractivity contribution in [2.45, 2.75) is 13.1 Å². The number of hydrogen-bond acceptors (Lipinski definition) is 3. The second kappa shape index (κ2) is 6.01. The van der Waals surface area contributed by atoms with Crippen molar-refractivity contribution in [2.24, 2.45) is 4.99 Å². The summed E-state index contributed by atoms with van der Waals surface area (Å²) in [7, 11) is 0. The lowest BCUT2D eigenvalue weighted by molar-refractivity contribution is -0.0889. The van der Waals surface area contributed by atoms with Gasteiger partial charge in [0.05, 0.1) is 28.1 Å². The first kappa shape index (κ1) is 14.3. The first-order valence-electron chi connectivity index (χ1n) is 3.99. The first-order valence-corrected chi connectivity index (χ1v) is 4.40. The van der Waals surface area contributed by atoms with Crippen LogP contribution in [0.3, 0.4) is 0 Å². The van der Waals surface area contributed by atoms with Crippen molar-refractivity contribution in [1.82, 2.24) is 0 Å². The lowest BCUT2D eigenvalue weighted by Crippen LogP contribution is -2.13. The Hall–Kier alpha value is -1.70. The van der Waals surface area contributed by atoms with Gasteiger partial charge in [0.1, 0.15) is 0 Å². The van der Waals surface area contributed by atoms with Crippen LogP contribution < -0.4 is 0 Å². The van der Waals surface area contributed by atoms with Crippen molar-refractivity contribution in [1.29, 1.82) is 5.26 Å². The Morgan fingerprint density at radius 3 is 2.38 bits per heavy atom. The van der Waals surface area contributed by atoms with Crippen LogP contribution >= 0.6 is 12.2 Å². The van der Waals surface area contributed by atoms with Crippen LogP contribution in [0.1, 0.15) is 6.92 Å². The molecule has 0 unspecified atom stereocenters. The van der Waals surface area contributed by atoms with Gasteiger partial charge >= 0.3 is 6.18 Å². The number of halogens is 3. The maximum absolute atomic E-state index is 12.5. The van der Waals surface area contributed by atoms with Crippen molar-refractivity contribution in [2.75, 3.05) is 0 Å². The number of isothiocyanates is 1. The molecule has 2 nitrogen and oxygen atoms in total. The predicted molar refractivity (Wildman–Crippen MR) is 57.7 cm³/mol. The Labute approximate surface area is 96.1 Å². The van der Waals surface area contributed by atoms with E-state index in [-0.39, 0.29) is 5.70 Å². The molecule has 0 rings (SSSR count). The molecule has 0 radical (unpaired) electrons. The van der Waals surface area contributed by atoms with E-state index in [0.717, 1.165) is 0 Å². The molecule has 0 bridgehead atoms. The molecule has 0 fully saturated rings. The molecule has 0 aliphatic heterocycles. The summed E-state index contributed by atoms with van der Waals surface area (Å²) < 4.78 is 37.5. The number of alkyl halides is 3. The molecule has 84 valence electrons. The summed E-state index contributed by atoms with van der Waals surface area (Å²) in [6.07, 6.45) is -2.64. The highest BCUT2D eigenvalue weighted by molar-refractivity contribution is 7.78. The lowest BCUT2D eigenvalue weighted by atomic mass is 10.1. The summed E-state index contributed by atoms with van der Waals surface area (Å²) >= 11 is 4.28. The number of nitrogens with zero attached hydrogens (tertiary/aromatic N) is 2. The monoisotopic (exact) mass is 244 g/mol. The molecular weight excluding hydrogens is 237 g/mol. The van der Waals surface area contributed by atoms with E-state index in [0.29, 0.717) is 6.08 Å². The molecule has 0 spiro atoms. The molecule has 0 aromatic carbocycles. The lowest BCUT2D eigenvalue weighted by Gasteiger charge is -2.09. The average Bonchev–Trinajstić information content (AvgIpc) is 2.21. The summed E-state index contributed by atoms with van der Waals surface area (Å²) in [5.74, 6) is 0. The zero-order valence-corrected chi connectivity index (χ0v) is 9.11. The predicted octanol–water partition coefficient (Wildman–Crippen LogP) is 3.56. The van der Waals surface area contributed by atoms with Gasteiger partial charge in [-0.25, -0.2) is 0 Å². The molecule has 0 heterocycles. The third-order valence-corrected chi connectivity index (χ3v) is 1.62. The minimum absolute atomic E-state index is 0.0290. The molecule has 0 N–H and O–H groups in total. The standard InChI is InChI=1S/C10H7F3N2S/c1-3-8(15-6-16)4-9(7(2)5-14)10(11,12)13/h3-4H,2H2,1H3/b8-3+,9-4+. The van der Waals surface area contributed by atoms with E-state index >= 15 is 0 Å². The largest absolute Gasteiger partial charge is 0.417 e. The van der Waals surface area contributed by atoms with Crippen LogP contribution in [0.15, 0.2) is 40.6 Å². The topological polar surface area (TPSA) is 36.1 Å². The number of hydrogen-bond donors (Lipinski definition) is 0. The van der Waals surface area contributed by atoms with Gasteiger partial charge in [-0.1, -0.05) is 12.7 Å². The van der Waals surface area contributed by atoms with Crippen molar-refractivity contribution in [3.63, 3.8) is 0 Å². The summed E-state index contributed by atoms with van der Waals surface area (Å²) in [6.45, 7) is 4.51. The second-order valence-electron chi connectivity index (χ2n) is 2.56. The highest BCUT2D eigenvalue weighted by Crippen LogP contribution is 2.31. The van der Waals surface area contributed by atoms with Gasteiger partial charge in [-0.15, -0.1) is 0 Å². The third-order valence-electron chi connectivity index (χ3n) is 1.53. The van der Waals surface area contributed by atoms with Gasteiger partial charge < -0.3 is 0 Å². The van der Waals surface area contributed by atoms with E-state index in [9.17, 15) is 13.2 Å². The number of allylic oxidation sites excluding steroid dienone is 4. The van der Waals surface area contributed by atoms with Gasteiger partial charge in [0, 0.05) is 0 Å². The van der Waals surface area contributed by atoms with E-state index in [1.54, 1.807) is 0 Å². The summed E-state index contributed by atoms with van der Waals surface area (Å²) in [5, 5.41) is 10.4. The van der Waals surface area contributed by atoms with Crippen LogP contribution in [0, 0.1) is 11.3 Å². The molecule has 0 aromatic heterocycles. The van der Waals surface area contributed by atoms with Gasteiger partial charge in [-0.05, 0) is 25.2 Å². The molecule has 0 saturated heterocycles. The Balaban J connectivity index is 5.54. The number of nitriles is 1. The normalized spacial score (nSPS) is 12.7. The van der Waals surface area contributed by atoms with Gasteiger partial charge in [0.2, 0.25) is 0 Å². The quantitative estimate of drug-likeness (QED) is 0.329. The Morgan fingerprint density at radius 1 is 1.50 bits per heavy atom. The smallest absolute Gasteiger partial charge is 0.195 e. The van der Waals surface area contributed by atoms with Crippen molar-refractivity contribution in [3.8, 4) is 6.07 Å². The van der Waals surface area contributed by atoms with Crippen molar-refractivity contribution in [3.05, 3.63) is 35.6 Å². The van der Waals surface area contributed by atoms with Gasteiger partial charge in [-0.2, -0.15) is 23.4 Å². The van der Waals surface area contributed by atoms with E-state index < -0.39 is 17.3 Å². The van der Waals surface area contributed by atoms with Crippen LogP contribution in [-0.2, 0) is 0 Å². The zero-order valence-electron chi connectivity index (χ0n) is 8.30. The molecule has 0 aromatic rings.